The van der Waals surface area contributed by atoms with Gasteiger partial charge >= 0.3 is 0 Å². The summed E-state index contributed by atoms with van der Waals surface area (Å²) in [6.07, 6.45) is 7.06. The Morgan fingerprint density at radius 1 is 1.14 bits per heavy atom. The fraction of sp³-hybridized carbons (Fsp3) is 0.353. The van der Waals surface area contributed by atoms with Gasteiger partial charge in [0.05, 0.1) is 0 Å². The van der Waals surface area contributed by atoms with E-state index in [0.29, 0.717) is 6.04 Å². The third-order valence-corrected chi connectivity index (χ3v) is 4.45. The zero-order valence-corrected chi connectivity index (χ0v) is 12.7. The quantitative estimate of drug-likeness (QED) is 0.744. The molecule has 0 radical (unpaired) electrons. The maximum atomic E-state index is 4.82. The molecule has 0 amide bonds. The molecule has 0 N–H and O–H groups in total. The molecule has 5 heteroatoms. The van der Waals surface area contributed by atoms with Gasteiger partial charge in [0.15, 0.2) is 5.65 Å². The van der Waals surface area contributed by atoms with Gasteiger partial charge in [-0.15, -0.1) is 0 Å². The van der Waals surface area contributed by atoms with E-state index in [1.165, 1.54) is 19.4 Å². The van der Waals surface area contributed by atoms with Crippen LogP contribution in [0.25, 0.3) is 17.0 Å². The molecule has 0 aliphatic carbocycles. The number of imidazole rings is 1. The number of aromatic nitrogens is 4. The van der Waals surface area contributed by atoms with Crippen LogP contribution in [0, 0.1) is 0 Å². The number of rotatable bonds is 3. The van der Waals surface area contributed by atoms with E-state index < -0.39 is 0 Å². The van der Waals surface area contributed by atoms with Gasteiger partial charge in [0, 0.05) is 24.9 Å². The molecular weight excluding hydrogens is 274 g/mol. The van der Waals surface area contributed by atoms with Crippen LogP contribution in [0.3, 0.4) is 0 Å². The highest BCUT2D eigenvalue weighted by atomic mass is 15.2. The van der Waals surface area contributed by atoms with Crippen LogP contribution >= 0.6 is 0 Å². The van der Waals surface area contributed by atoms with Crippen molar-refractivity contribution in [1.29, 1.82) is 0 Å². The number of hydrogen-bond donors (Lipinski definition) is 0. The largest absolute Gasteiger partial charge is 0.303 e. The van der Waals surface area contributed by atoms with Crippen LogP contribution in [-0.4, -0.2) is 44.1 Å². The zero-order chi connectivity index (χ0) is 14.9. The third-order valence-electron chi connectivity index (χ3n) is 4.45. The summed E-state index contributed by atoms with van der Waals surface area (Å²) in [5, 5.41) is 0. The fourth-order valence-electron chi connectivity index (χ4n) is 3.27. The van der Waals surface area contributed by atoms with Crippen LogP contribution in [0.2, 0.25) is 0 Å². The van der Waals surface area contributed by atoms with E-state index in [2.05, 4.69) is 26.5 Å². The van der Waals surface area contributed by atoms with Gasteiger partial charge in [-0.05, 0) is 50.7 Å². The molecule has 1 atom stereocenters. The van der Waals surface area contributed by atoms with Crippen molar-refractivity contribution in [2.45, 2.75) is 25.3 Å². The first kappa shape index (κ1) is 13.4. The molecule has 22 heavy (non-hydrogen) atoms. The first-order chi connectivity index (χ1) is 10.8. The molecule has 1 saturated heterocycles. The van der Waals surface area contributed by atoms with Crippen LogP contribution in [0.5, 0.6) is 0 Å². The van der Waals surface area contributed by atoms with E-state index in [1.807, 2.05) is 42.7 Å². The maximum Gasteiger partial charge on any atom is 0.165 e. The molecule has 0 aromatic carbocycles. The van der Waals surface area contributed by atoms with Gasteiger partial charge in [-0.2, -0.15) is 0 Å². The van der Waals surface area contributed by atoms with Crippen LogP contribution in [0.15, 0.2) is 42.7 Å². The SMILES string of the molecule is CN1CCCC1Cc1nc2cccnc2n1-c1ccccn1. The van der Waals surface area contributed by atoms with Crippen LogP contribution in [-0.2, 0) is 6.42 Å². The van der Waals surface area contributed by atoms with Crippen molar-refractivity contribution in [3.05, 3.63) is 48.5 Å². The summed E-state index contributed by atoms with van der Waals surface area (Å²) in [6, 6.07) is 10.5. The minimum absolute atomic E-state index is 0.555. The van der Waals surface area contributed by atoms with Gasteiger partial charge in [-0.3, -0.25) is 4.57 Å². The molecular formula is C17H19N5. The summed E-state index contributed by atoms with van der Waals surface area (Å²) in [5.74, 6) is 1.94. The van der Waals surface area contributed by atoms with Gasteiger partial charge in [-0.1, -0.05) is 6.07 Å². The molecule has 3 aromatic rings. The maximum absolute atomic E-state index is 4.82. The van der Waals surface area contributed by atoms with E-state index in [0.717, 1.165) is 29.2 Å². The molecule has 0 spiro atoms. The summed E-state index contributed by atoms with van der Waals surface area (Å²) in [6.45, 7) is 1.17. The van der Waals surface area contributed by atoms with E-state index in [-0.39, 0.29) is 0 Å². The Hall–Kier alpha value is -2.27. The highest BCUT2D eigenvalue weighted by molar-refractivity contribution is 5.73. The van der Waals surface area contributed by atoms with Crippen molar-refractivity contribution in [3.8, 4) is 5.82 Å². The van der Waals surface area contributed by atoms with Gasteiger partial charge in [0.25, 0.3) is 0 Å². The Balaban J connectivity index is 1.83. The number of hydrogen-bond acceptors (Lipinski definition) is 4. The summed E-state index contributed by atoms with van der Waals surface area (Å²) in [5.41, 5.74) is 1.82. The molecule has 1 aliphatic heterocycles. The Morgan fingerprint density at radius 2 is 2.05 bits per heavy atom. The zero-order valence-electron chi connectivity index (χ0n) is 12.7. The van der Waals surface area contributed by atoms with Crippen molar-refractivity contribution in [3.63, 3.8) is 0 Å². The Labute approximate surface area is 129 Å². The molecule has 3 aromatic heterocycles. The molecule has 1 unspecified atom stereocenters. The van der Waals surface area contributed by atoms with Gasteiger partial charge in [-0.25, -0.2) is 15.0 Å². The first-order valence-electron chi connectivity index (χ1n) is 7.77. The number of nitrogens with zero attached hydrogens (tertiary/aromatic N) is 5. The molecule has 0 saturated carbocycles. The highest BCUT2D eigenvalue weighted by Gasteiger charge is 2.24. The average molecular weight is 293 g/mol. The smallest absolute Gasteiger partial charge is 0.165 e. The van der Waals surface area contributed by atoms with Crippen LogP contribution in [0.4, 0.5) is 0 Å². The average Bonchev–Trinajstić information content (AvgIpc) is 3.12. The van der Waals surface area contributed by atoms with E-state index in [9.17, 15) is 0 Å². The van der Waals surface area contributed by atoms with Crippen molar-refractivity contribution in [1.82, 2.24) is 24.4 Å². The second kappa shape index (κ2) is 5.50. The second-order valence-electron chi connectivity index (χ2n) is 5.88. The van der Waals surface area contributed by atoms with Gasteiger partial charge < -0.3 is 4.90 Å². The lowest BCUT2D eigenvalue weighted by Gasteiger charge is -2.19. The van der Waals surface area contributed by atoms with Gasteiger partial charge in [0.1, 0.15) is 17.2 Å². The highest BCUT2D eigenvalue weighted by Crippen LogP contribution is 2.23. The lowest BCUT2D eigenvalue weighted by atomic mass is 10.1. The lowest BCUT2D eigenvalue weighted by Crippen LogP contribution is -2.28. The number of likely N-dealkylation sites (tertiary alicyclic amines) is 1. The predicted molar refractivity (Wildman–Crippen MR) is 86.0 cm³/mol. The monoisotopic (exact) mass is 293 g/mol. The molecule has 112 valence electrons. The van der Waals surface area contributed by atoms with Crippen molar-refractivity contribution >= 4 is 11.2 Å². The van der Waals surface area contributed by atoms with Crippen molar-refractivity contribution in [2.24, 2.45) is 0 Å². The number of pyridine rings is 2. The van der Waals surface area contributed by atoms with Gasteiger partial charge in [0.2, 0.25) is 0 Å². The Kier molecular flexibility index (Phi) is 3.35. The van der Waals surface area contributed by atoms with Crippen LogP contribution < -0.4 is 0 Å². The minimum atomic E-state index is 0.555. The first-order valence-corrected chi connectivity index (χ1v) is 7.77. The molecule has 1 aliphatic rings. The minimum Gasteiger partial charge on any atom is -0.303 e. The summed E-state index contributed by atoms with van der Waals surface area (Å²) in [7, 11) is 2.20. The van der Waals surface area contributed by atoms with E-state index in [4.69, 9.17) is 4.98 Å². The molecule has 1 fully saturated rings. The normalized spacial score (nSPS) is 19.0. The third kappa shape index (κ3) is 2.27. The van der Waals surface area contributed by atoms with Crippen LogP contribution in [0.1, 0.15) is 18.7 Å². The summed E-state index contributed by atoms with van der Waals surface area (Å²) in [4.78, 5) is 16.3. The standard InChI is InChI=1S/C17H19N5/c1-21-11-5-6-13(21)12-16-20-14-7-4-10-19-17(14)22(16)15-8-2-3-9-18-15/h2-4,7-10,13H,5-6,11-12H2,1H3. The Morgan fingerprint density at radius 3 is 2.82 bits per heavy atom. The lowest BCUT2D eigenvalue weighted by molar-refractivity contribution is 0.305. The molecule has 0 bridgehead atoms. The number of fused-ring (bicyclic) bond motifs is 1. The number of likely N-dealkylation sites (N-methyl/N-ethyl adjacent to an activating group) is 1. The van der Waals surface area contributed by atoms with E-state index >= 15 is 0 Å². The predicted octanol–water partition coefficient (Wildman–Crippen LogP) is 2.45. The Bertz CT molecular complexity index is 780. The van der Waals surface area contributed by atoms with Crippen molar-refractivity contribution < 1.29 is 0 Å². The summed E-state index contributed by atoms with van der Waals surface area (Å²) >= 11 is 0. The fourth-order valence-corrected chi connectivity index (χ4v) is 3.27. The molecule has 4 rings (SSSR count). The topological polar surface area (TPSA) is 46.8 Å². The van der Waals surface area contributed by atoms with Crippen molar-refractivity contribution in [2.75, 3.05) is 13.6 Å². The summed E-state index contributed by atoms with van der Waals surface area (Å²) < 4.78 is 2.10. The molecule has 5 nitrogen and oxygen atoms in total. The van der Waals surface area contributed by atoms with E-state index in [1.54, 1.807) is 0 Å². The molecule has 4 heterocycles. The second-order valence-corrected chi connectivity index (χ2v) is 5.88.